The Morgan fingerprint density at radius 3 is 0.250 bits per heavy atom. The van der Waals surface area contributed by atoms with Crippen molar-refractivity contribution in [2.45, 2.75) is 0 Å². The summed E-state index contributed by atoms with van der Waals surface area (Å²) in [7, 11) is 0. The van der Waals surface area contributed by atoms with Crippen LogP contribution < -0.4 is 0 Å². The van der Waals surface area contributed by atoms with Gasteiger partial charge in [0.2, 0.25) is 0 Å². The largest absolute Gasteiger partial charge is 0 e. The first-order valence-electron chi connectivity index (χ1n) is 0. The van der Waals surface area contributed by atoms with Crippen molar-refractivity contribution in [2.24, 2.45) is 0 Å². The van der Waals surface area contributed by atoms with Crippen LogP contribution in [0.5, 0.6) is 0 Å². The van der Waals surface area contributed by atoms with Crippen LogP contribution >= 0.6 is 0 Å². The van der Waals surface area contributed by atoms with Crippen molar-refractivity contribution < 1.29 is 131 Å². The van der Waals surface area contributed by atoms with Gasteiger partial charge in [-0.3, -0.25) is 0 Å². The van der Waals surface area contributed by atoms with Gasteiger partial charge in [0.1, 0.15) is 0 Å². The molecule has 32 valence electrons. The van der Waals surface area contributed by atoms with Gasteiger partial charge in [0, 0.05) is 213 Å². The van der Waals surface area contributed by atoms with E-state index in [-0.39, 0.29) is 213 Å². The third kappa shape index (κ3) is 37.9. The minimum atomic E-state index is 0. The molecule has 8 heteroatoms. The molecule has 0 N–H and O–H groups in total. The van der Waals surface area contributed by atoms with E-state index in [1.54, 1.807) is 0 Å². The monoisotopic (exact) mass is 1070 g/mol. The van der Waals surface area contributed by atoms with E-state index in [2.05, 4.69) is 0 Å². The number of hydrogen-bond donors (Lipinski definition) is 0. The van der Waals surface area contributed by atoms with Crippen molar-refractivity contribution in [3.63, 3.8) is 0 Å². The first-order chi connectivity index (χ1) is 0. The molecule has 0 fully saturated rings. The normalized spacial score (nSPS) is 0. The predicted octanol–water partition coefficient (Wildman–Crippen LogP) is -1.15. The number of rotatable bonds is 0. The molecule has 0 heterocycles. The molecule has 0 aromatic heterocycles. The smallest absolute Gasteiger partial charge is 0 e. The van der Waals surface area contributed by atoms with Crippen molar-refractivity contribution in [2.75, 3.05) is 0 Å². The van der Waals surface area contributed by atoms with Crippen LogP contribution in [0.4, 0.5) is 0 Å². The zero-order chi connectivity index (χ0) is 0. The van der Waals surface area contributed by atoms with Gasteiger partial charge >= 0.3 is 0 Å². The fourth-order valence-corrected chi connectivity index (χ4v) is 0. The Bertz CT molecular complexity index is 7.64. The zero-order valence-corrected chi connectivity index (χ0v) is 28.0. The molecule has 0 aliphatic carbocycles. The minimum Gasteiger partial charge on any atom is 0 e. The van der Waals surface area contributed by atoms with Crippen molar-refractivity contribution in [1.82, 2.24) is 0 Å². The topological polar surface area (TPSA) is 0 Å². The van der Waals surface area contributed by atoms with Crippen LogP contribution in [-0.4, -0.2) is 81.9 Å². The molecule has 0 saturated carbocycles. The molecule has 0 aromatic rings. The van der Waals surface area contributed by atoms with Crippen LogP contribution in [0, 0.1) is 0 Å². The van der Waals surface area contributed by atoms with Crippen LogP contribution in [0.3, 0.4) is 0 Å². The predicted molar refractivity (Wildman–Crippen MR) is 17.3 cm³/mol. The summed E-state index contributed by atoms with van der Waals surface area (Å²) in [5.74, 6) is 0. The van der Waals surface area contributed by atoms with Gasteiger partial charge in [-0.25, -0.2) is 0 Å². The maximum Gasteiger partial charge on any atom is 0 e. The maximum atomic E-state index is 0. The van der Waals surface area contributed by atoms with E-state index in [4.69, 9.17) is 0 Å². The summed E-state index contributed by atoms with van der Waals surface area (Å²) in [4.78, 5) is 0. The second-order valence-corrected chi connectivity index (χ2v) is 0. The van der Waals surface area contributed by atoms with Crippen LogP contribution in [-0.2, 0) is 131 Å². The van der Waals surface area contributed by atoms with Crippen LogP contribution in [0.1, 0.15) is 0 Å². The summed E-state index contributed by atoms with van der Waals surface area (Å²) >= 11 is 0. The molecule has 0 aliphatic heterocycles. The van der Waals surface area contributed by atoms with Gasteiger partial charge < -0.3 is 0 Å². The quantitative estimate of drug-likeness (QED) is 0.270. The van der Waals surface area contributed by atoms with Crippen molar-refractivity contribution in [1.29, 1.82) is 0 Å². The van der Waals surface area contributed by atoms with Gasteiger partial charge in [0.15, 0.2) is 0 Å². The summed E-state index contributed by atoms with van der Waals surface area (Å²) in [6, 6.07) is 0. The first-order valence-corrected chi connectivity index (χ1v) is 0. The van der Waals surface area contributed by atoms with E-state index in [0.717, 1.165) is 0 Å². The summed E-state index contributed by atoms with van der Waals surface area (Å²) in [5, 5.41) is 0. The molecular formula is Pb3Zr5. The molecule has 0 amide bonds. The second kappa shape index (κ2) is 47.8. The standard InChI is InChI=1S/3Pb.5Zr. The fourth-order valence-electron chi connectivity index (χ4n) is 0. The van der Waals surface area contributed by atoms with Crippen molar-refractivity contribution >= 4 is 81.9 Å². The van der Waals surface area contributed by atoms with E-state index in [1.165, 1.54) is 0 Å². The Kier molecular flexibility index (Phi) is 354. The molecule has 8 heavy (non-hydrogen) atoms. The Labute approximate surface area is 206 Å². The summed E-state index contributed by atoms with van der Waals surface area (Å²) in [6.45, 7) is 0. The van der Waals surface area contributed by atoms with Crippen LogP contribution in [0.15, 0.2) is 0 Å². The average Bonchev–Trinajstić information content (AvgIpc) is 0. The second-order valence-electron chi connectivity index (χ2n) is 0. The maximum absolute atomic E-state index is 0. The SMILES string of the molecule is [Pb].[Pb].[Pb].[Zr].[Zr].[Zr].[Zr].[Zr]. The third-order valence-electron chi connectivity index (χ3n) is 0. The van der Waals surface area contributed by atoms with E-state index in [9.17, 15) is 0 Å². The molecule has 12 radical (unpaired) electrons. The summed E-state index contributed by atoms with van der Waals surface area (Å²) < 4.78 is 0. The Morgan fingerprint density at radius 2 is 0.250 bits per heavy atom. The first kappa shape index (κ1) is 59.2. The van der Waals surface area contributed by atoms with Gasteiger partial charge in [-0.2, -0.15) is 0 Å². The molecule has 0 aliphatic rings. The Hall–Kier alpha value is 7.18. The molecule has 0 unspecified atom stereocenters. The minimum absolute atomic E-state index is 0. The van der Waals surface area contributed by atoms with Crippen molar-refractivity contribution in [3.8, 4) is 0 Å². The molecular weight excluding hydrogens is 1080 g/mol. The van der Waals surface area contributed by atoms with E-state index < -0.39 is 0 Å². The summed E-state index contributed by atoms with van der Waals surface area (Å²) in [6.07, 6.45) is 0. The fraction of sp³-hybridized carbons (Fsp3) is 0. The molecule has 0 saturated heterocycles. The molecule has 0 rings (SSSR count). The van der Waals surface area contributed by atoms with Crippen LogP contribution in [0.2, 0.25) is 0 Å². The molecule has 0 atom stereocenters. The Balaban J connectivity index is 0. The van der Waals surface area contributed by atoms with Crippen molar-refractivity contribution in [3.05, 3.63) is 0 Å². The zero-order valence-electron chi connectivity index (χ0n) is 4.00. The molecule has 0 aromatic carbocycles. The van der Waals surface area contributed by atoms with Gasteiger partial charge in [-0.1, -0.05) is 0 Å². The summed E-state index contributed by atoms with van der Waals surface area (Å²) in [5.41, 5.74) is 0. The average molecular weight is 1080 g/mol. The molecule has 0 bridgehead atoms. The van der Waals surface area contributed by atoms with Gasteiger partial charge in [-0.15, -0.1) is 0 Å². The molecule has 0 nitrogen and oxygen atoms in total. The third-order valence-corrected chi connectivity index (χ3v) is 0. The van der Waals surface area contributed by atoms with E-state index >= 15 is 0 Å². The van der Waals surface area contributed by atoms with Gasteiger partial charge in [0.25, 0.3) is 0 Å². The number of hydrogen-bond acceptors (Lipinski definition) is 0. The van der Waals surface area contributed by atoms with Gasteiger partial charge in [0.05, 0.1) is 0 Å². The van der Waals surface area contributed by atoms with Gasteiger partial charge in [-0.05, 0) is 0 Å². The molecule has 0 spiro atoms. The van der Waals surface area contributed by atoms with E-state index in [0.29, 0.717) is 0 Å². The van der Waals surface area contributed by atoms with Crippen LogP contribution in [0.25, 0.3) is 0 Å². The van der Waals surface area contributed by atoms with E-state index in [1.807, 2.05) is 0 Å². The Morgan fingerprint density at radius 1 is 0.250 bits per heavy atom.